The van der Waals surface area contributed by atoms with Crippen LogP contribution in [0.4, 0.5) is 0 Å². The summed E-state index contributed by atoms with van der Waals surface area (Å²) in [6, 6.07) is 27.7. The first-order chi connectivity index (χ1) is 14.9. The minimum absolute atomic E-state index is 0.0172. The van der Waals surface area contributed by atoms with Crippen LogP contribution in [0, 0.1) is 11.3 Å². The van der Waals surface area contributed by atoms with Crippen LogP contribution in [0.2, 0.25) is 0 Å². The van der Waals surface area contributed by atoms with Crippen molar-refractivity contribution < 1.29 is 18.1 Å². The molecule has 4 rings (SSSR count). The van der Waals surface area contributed by atoms with Crippen LogP contribution in [0.5, 0.6) is 5.75 Å². The van der Waals surface area contributed by atoms with Crippen LogP contribution in [0.1, 0.15) is 5.56 Å². The summed E-state index contributed by atoms with van der Waals surface area (Å²) in [5.74, 6) is -0.0172. The molecule has 0 saturated heterocycles. The Bertz CT molecular complexity index is 1390. The van der Waals surface area contributed by atoms with Crippen molar-refractivity contribution in [2.75, 3.05) is 0 Å². The zero-order valence-corrected chi connectivity index (χ0v) is 17.0. The zero-order chi connectivity index (χ0) is 22.0. The van der Waals surface area contributed by atoms with E-state index < -0.39 is 10.1 Å². The Balaban J connectivity index is 2.04. The van der Waals surface area contributed by atoms with Gasteiger partial charge in [0.2, 0.25) is 0 Å². The van der Waals surface area contributed by atoms with Gasteiger partial charge < -0.3 is 9.66 Å². The standard InChI is InChI=1S/C25H17NO4S/c26-16-23-21(18-11-13-20(14-12-18)31(28,29)30)15-22(17-7-3-1-4-8-17)25(27)24(23)19-9-5-2-6-10-19/h1-15,27H,(H,28,29,30)/p-1. The van der Waals surface area contributed by atoms with Gasteiger partial charge in [-0.25, -0.2) is 8.42 Å². The maximum atomic E-state index is 11.3. The maximum Gasteiger partial charge on any atom is 0.132 e. The van der Waals surface area contributed by atoms with Crippen LogP contribution in [0.3, 0.4) is 0 Å². The van der Waals surface area contributed by atoms with E-state index in [4.69, 9.17) is 0 Å². The monoisotopic (exact) mass is 426 g/mol. The van der Waals surface area contributed by atoms with E-state index in [9.17, 15) is 23.3 Å². The van der Waals surface area contributed by atoms with E-state index in [1.54, 1.807) is 6.07 Å². The Morgan fingerprint density at radius 3 is 1.77 bits per heavy atom. The minimum atomic E-state index is -4.58. The van der Waals surface area contributed by atoms with E-state index >= 15 is 0 Å². The van der Waals surface area contributed by atoms with Gasteiger partial charge >= 0.3 is 0 Å². The zero-order valence-electron chi connectivity index (χ0n) is 16.2. The summed E-state index contributed by atoms with van der Waals surface area (Å²) in [5, 5.41) is 21.1. The fourth-order valence-corrected chi connectivity index (χ4v) is 4.01. The van der Waals surface area contributed by atoms with E-state index in [2.05, 4.69) is 6.07 Å². The number of phenolic OH excluding ortho intramolecular Hbond substituents is 1. The summed E-state index contributed by atoms with van der Waals surface area (Å²) in [6.45, 7) is 0. The first-order valence-electron chi connectivity index (χ1n) is 9.37. The summed E-state index contributed by atoms with van der Waals surface area (Å²) in [7, 11) is -4.58. The third-order valence-electron chi connectivity index (χ3n) is 5.01. The molecule has 0 aliphatic carbocycles. The number of benzene rings is 4. The van der Waals surface area contributed by atoms with Crippen LogP contribution in [-0.4, -0.2) is 18.1 Å². The summed E-state index contributed by atoms with van der Waals surface area (Å²) in [6.07, 6.45) is 0. The number of nitriles is 1. The average molecular weight is 426 g/mol. The first-order valence-corrected chi connectivity index (χ1v) is 10.8. The lowest BCUT2D eigenvalue weighted by Gasteiger charge is -2.17. The smallest absolute Gasteiger partial charge is 0.132 e. The van der Waals surface area contributed by atoms with Crippen molar-refractivity contribution in [2.24, 2.45) is 0 Å². The summed E-state index contributed by atoms with van der Waals surface area (Å²) >= 11 is 0. The largest absolute Gasteiger partial charge is 0.744 e. The second-order valence-electron chi connectivity index (χ2n) is 6.89. The number of rotatable bonds is 4. The molecule has 0 saturated carbocycles. The molecule has 0 amide bonds. The summed E-state index contributed by atoms with van der Waals surface area (Å²) in [4.78, 5) is -0.347. The molecule has 0 radical (unpaired) electrons. The highest BCUT2D eigenvalue weighted by Crippen LogP contribution is 2.45. The van der Waals surface area contributed by atoms with Crippen LogP contribution >= 0.6 is 0 Å². The van der Waals surface area contributed by atoms with Gasteiger partial charge in [-0.1, -0.05) is 72.8 Å². The molecule has 31 heavy (non-hydrogen) atoms. The van der Waals surface area contributed by atoms with Crippen molar-refractivity contribution in [2.45, 2.75) is 4.90 Å². The van der Waals surface area contributed by atoms with Gasteiger partial charge in [-0.15, -0.1) is 0 Å². The van der Waals surface area contributed by atoms with Crippen molar-refractivity contribution in [3.8, 4) is 45.2 Å². The number of hydrogen-bond acceptors (Lipinski definition) is 5. The lowest BCUT2D eigenvalue weighted by Crippen LogP contribution is -1.98. The average Bonchev–Trinajstić information content (AvgIpc) is 2.79. The Labute approximate surface area is 180 Å². The lowest BCUT2D eigenvalue weighted by molar-refractivity contribution is 0.463. The molecule has 0 bridgehead atoms. The second-order valence-corrected chi connectivity index (χ2v) is 8.27. The molecule has 1 N–H and O–H groups in total. The molecule has 0 aliphatic heterocycles. The Kier molecular flexibility index (Phi) is 5.30. The molecule has 0 aromatic heterocycles. The topological polar surface area (TPSA) is 101 Å². The van der Waals surface area contributed by atoms with E-state index in [0.717, 1.165) is 5.56 Å². The summed E-state index contributed by atoms with van der Waals surface area (Å²) in [5.41, 5.74) is 3.69. The predicted molar refractivity (Wildman–Crippen MR) is 117 cm³/mol. The van der Waals surface area contributed by atoms with E-state index in [0.29, 0.717) is 27.8 Å². The maximum absolute atomic E-state index is 11.3. The van der Waals surface area contributed by atoms with Crippen molar-refractivity contribution in [1.82, 2.24) is 0 Å². The minimum Gasteiger partial charge on any atom is -0.744 e. The molecule has 0 fully saturated rings. The van der Waals surface area contributed by atoms with Gasteiger partial charge in [-0.3, -0.25) is 0 Å². The van der Waals surface area contributed by atoms with E-state index in [-0.39, 0.29) is 16.2 Å². The molecule has 4 aromatic rings. The number of aromatic hydroxyl groups is 1. The van der Waals surface area contributed by atoms with Gasteiger partial charge in [0.05, 0.1) is 10.5 Å². The van der Waals surface area contributed by atoms with E-state index in [1.165, 1.54) is 24.3 Å². The van der Waals surface area contributed by atoms with Gasteiger partial charge in [0, 0.05) is 16.7 Å². The molecule has 0 atom stereocenters. The quantitative estimate of drug-likeness (QED) is 0.454. The summed E-state index contributed by atoms with van der Waals surface area (Å²) < 4.78 is 33.9. The molecule has 4 aromatic carbocycles. The van der Waals surface area contributed by atoms with Gasteiger partial charge in [0.15, 0.2) is 0 Å². The third kappa shape index (κ3) is 3.92. The molecular weight excluding hydrogens is 410 g/mol. The molecule has 152 valence electrons. The van der Waals surface area contributed by atoms with Gasteiger partial charge in [0.1, 0.15) is 21.9 Å². The normalized spacial score (nSPS) is 11.1. The highest BCUT2D eigenvalue weighted by molar-refractivity contribution is 7.85. The fourth-order valence-electron chi connectivity index (χ4n) is 3.54. The van der Waals surface area contributed by atoms with Gasteiger partial charge in [-0.2, -0.15) is 5.26 Å². The highest BCUT2D eigenvalue weighted by Gasteiger charge is 2.21. The number of nitrogens with zero attached hydrogens (tertiary/aromatic N) is 1. The Hall–Kier alpha value is -3.92. The van der Waals surface area contributed by atoms with Crippen LogP contribution < -0.4 is 0 Å². The molecule has 0 heterocycles. The molecule has 0 aliphatic rings. The fraction of sp³-hybridized carbons (Fsp3) is 0. The highest BCUT2D eigenvalue weighted by atomic mass is 32.2. The number of hydrogen-bond donors (Lipinski definition) is 1. The molecule has 0 unspecified atom stereocenters. The van der Waals surface area contributed by atoms with Gasteiger partial charge in [0.25, 0.3) is 0 Å². The van der Waals surface area contributed by atoms with E-state index in [1.807, 2.05) is 60.7 Å². The van der Waals surface area contributed by atoms with Crippen molar-refractivity contribution >= 4 is 10.1 Å². The molecule has 5 nitrogen and oxygen atoms in total. The lowest BCUT2D eigenvalue weighted by atomic mass is 9.87. The van der Waals surface area contributed by atoms with Crippen molar-refractivity contribution in [1.29, 1.82) is 5.26 Å². The van der Waals surface area contributed by atoms with Gasteiger partial charge in [-0.05, 0) is 34.9 Å². The Morgan fingerprint density at radius 1 is 0.742 bits per heavy atom. The molecule has 6 heteroatoms. The molecular formula is C25H16NO4S-. The predicted octanol–water partition coefficient (Wildman–Crippen LogP) is 5.17. The third-order valence-corrected chi connectivity index (χ3v) is 5.86. The Morgan fingerprint density at radius 2 is 1.26 bits per heavy atom. The molecule has 0 spiro atoms. The first kappa shape index (κ1) is 20.4. The van der Waals surface area contributed by atoms with Crippen LogP contribution in [0.25, 0.3) is 33.4 Å². The second kappa shape index (κ2) is 8.07. The van der Waals surface area contributed by atoms with Crippen molar-refractivity contribution in [3.63, 3.8) is 0 Å². The number of phenols is 1. The SMILES string of the molecule is N#Cc1c(-c2ccc(S(=O)(=O)[O-])cc2)cc(-c2ccccc2)c(O)c1-c1ccccc1. The van der Waals surface area contributed by atoms with Crippen LogP contribution in [-0.2, 0) is 10.1 Å². The van der Waals surface area contributed by atoms with Crippen LogP contribution in [0.15, 0.2) is 95.9 Å². The van der Waals surface area contributed by atoms with Crippen molar-refractivity contribution in [3.05, 3.63) is 96.6 Å².